The maximum Gasteiger partial charge on any atom is 0.387 e. The highest BCUT2D eigenvalue weighted by atomic mass is 19.3. The molecule has 0 fully saturated rings. The highest BCUT2D eigenvalue weighted by molar-refractivity contribution is 5.57. The number of alkyl halides is 2. The molecule has 0 saturated heterocycles. The van der Waals surface area contributed by atoms with Gasteiger partial charge in [0.2, 0.25) is 0 Å². The van der Waals surface area contributed by atoms with E-state index >= 15 is 0 Å². The number of hydrogen-bond acceptors (Lipinski definition) is 4. The average molecular weight is 219 g/mol. The first-order valence-corrected chi connectivity index (χ1v) is 4.10. The lowest BCUT2D eigenvalue weighted by Gasteiger charge is -2.12. The molecule has 1 aromatic rings. The molecule has 6 heteroatoms. The molecule has 84 valence electrons. The predicted octanol–water partition coefficient (Wildman–Crippen LogP) is 1.37. The topological polar surface area (TPSA) is 64.7 Å². The zero-order valence-electron chi connectivity index (χ0n) is 8.04. The van der Waals surface area contributed by atoms with Crippen molar-refractivity contribution in [3.63, 3.8) is 0 Å². The van der Waals surface area contributed by atoms with Crippen molar-refractivity contribution in [3.05, 3.63) is 17.7 Å². The van der Waals surface area contributed by atoms with Gasteiger partial charge in [0.25, 0.3) is 0 Å². The van der Waals surface area contributed by atoms with E-state index in [1.54, 1.807) is 0 Å². The number of ether oxygens (including phenoxy) is 2. The van der Waals surface area contributed by atoms with Gasteiger partial charge in [0.15, 0.2) is 11.5 Å². The van der Waals surface area contributed by atoms with Crippen LogP contribution < -0.4 is 15.2 Å². The van der Waals surface area contributed by atoms with Crippen LogP contribution >= 0.6 is 0 Å². The van der Waals surface area contributed by atoms with Crippen LogP contribution in [-0.2, 0) is 6.61 Å². The van der Waals surface area contributed by atoms with Crippen LogP contribution in [0.15, 0.2) is 12.1 Å². The van der Waals surface area contributed by atoms with E-state index in [4.69, 9.17) is 15.6 Å². The number of methoxy groups -OCH3 is 1. The average Bonchev–Trinajstić information content (AvgIpc) is 2.19. The Balaban J connectivity index is 3.10. The van der Waals surface area contributed by atoms with Crippen LogP contribution in [0.2, 0.25) is 0 Å². The molecular weight excluding hydrogens is 208 g/mol. The monoisotopic (exact) mass is 219 g/mol. The number of aliphatic hydroxyl groups is 1. The zero-order valence-corrected chi connectivity index (χ0v) is 8.04. The van der Waals surface area contributed by atoms with Crippen molar-refractivity contribution in [2.24, 2.45) is 0 Å². The van der Waals surface area contributed by atoms with Crippen molar-refractivity contribution < 1.29 is 23.4 Å². The largest absolute Gasteiger partial charge is 0.493 e. The predicted molar refractivity (Wildman–Crippen MR) is 50.0 cm³/mol. The van der Waals surface area contributed by atoms with Gasteiger partial charge in [0, 0.05) is 17.3 Å². The van der Waals surface area contributed by atoms with Crippen molar-refractivity contribution in [1.82, 2.24) is 0 Å². The number of benzene rings is 1. The standard InChI is InChI=1S/C9H11F2NO3/c1-14-7-3-6(12)5(4-13)2-8(7)15-9(10)11/h2-3,9,13H,4,12H2,1H3. The van der Waals surface area contributed by atoms with Crippen LogP contribution in [0.4, 0.5) is 14.5 Å². The second-order valence-electron chi connectivity index (χ2n) is 2.74. The molecule has 0 unspecified atom stereocenters. The quantitative estimate of drug-likeness (QED) is 0.750. The summed E-state index contributed by atoms with van der Waals surface area (Å²) in [6.07, 6.45) is 0. The minimum atomic E-state index is -2.95. The van der Waals surface area contributed by atoms with Crippen LogP contribution in [-0.4, -0.2) is 18.8 Å². The minimum absolute atomic E-state index is 0.102. The van der Waals surface area contributed by atoms with Gasteiger partial charge >= 0.3 is 6.61 Å². The number of aliphatic hydroxyl groups excluding tert-OH is 1. The van der Waals surface area contributed by atoms with Gasteiger partial charge in [-0.25, -0.2) is 0 Å². The van der Waals surface area contributed by atoms with Crippen molar-refractivity contribution in [1.29, 1.82) is 0 Å². The summed E-state index contributed by atoms with van der Waals surface area (Å²) in [5.74, 6) is -0.0456. The van der Waals surface area contributed by atoms with E-state index < -0.39 is 6.61 Å². The molecule has 0 spiro atoms. The summed E-state index contributed by atoms with van der Waals surface area (Å²) in [5, 5.41) is 8.88. The van der Waals surface area contributed by atoms with Gasteiger partial charge in [-0.2, -0.15) is 8.78 Å². The fraction of sp³-hybridized carbons (Fsp3) is 0.333. The highest BCUT2D eigenvalue weighted by Crippen LogP contribution is 2.33. The van der Waals surface area contributed by atoms with Gasteiger partial charge in [-0.05, 0) is 6.07 Å². The van der Waals surface area contributed by atoms with Crippen molar-refractivity contribution in [2.75, 3.05) is 12.8 Å². The van der Waals surface area contributed by atoms with Gasteiger partial charge in [-0.1, -0.05) is 0 Å². The summed E-state index contributed by atoms with van der Waals surface area (Å²) in [4.78, 5) is 0. The Labute approximate surface area is 85.2 Å². The Morgan fingerprint density at radius 3 is 2.53 bits per heavy atom. The van der Waals surface area contributed by atoms with E-state index in [2.05, 4.69) is 4.74 Å². The summed E-state index contributed by atoms with van der Waals surface area (Å²) >= 11 is 0. The van der Waals surface area contributed by atoms with Crippen molar-refractivity contribution in [3.8, 4) is 11.5 Å². The molecule has 0 aliphatic heterocycles. The Hall–Kier alpha value is -1.56. The molecule has 0 aliphatic carbocycles. The second-order valence-corrected chi connectivity index (χ2v) is 2.74. The Morgan fingerprint density at radius 1 is 1.40 bits per heavy atom. The zero-order chi connectivity index (χ0) is 11.4. The van der Waals surface area contributed by atoms with Gasteiger partial charge in [-0.3, -0.25) is 0 Å². The lowest BCUT2D eigenvalue weighted by molar-refractivity contribution is -0.0512. The van der Waals surface area contributed by atoms with Crippen LogP contribution in [0.1, 0.15) is 5.56 Å². The molecule has 1 rings (SSSR count). The number of nitrogens with two attached hydrogens (primary N) is 1. The fourth-order valence-electron chi connectivity index (χ4n) is 1.10. The van der Waals surface area contributed by atoms with E-state index in [-0.39, 0.29) is 23.8 Å². The Morgan fingerprint density at radius 2 is 2.07 bits per heavy atom. The van der Waals surface area contributed by atoms with Crippen molar-refractivity contribution in [2.45, 2.75) is 13.2 Å². The number of halogens is 2. The molecular formula is C9H11F2NO3. The van der Waals surface area contributed by atoms with Gasteiger partial charge in [0.1, 0.15) is 0 Å². The molecule has 15 heavy (non-hydrogen) atoms. The lowest BCUT2D eigenvalue weighted by atomic mass is 10.1. The third-order valence-electron chi connectivity index (χ3n) is 1.81. The number of hydrogen-bond donors (Lipinski definition) is 2. The van der Waals surface area contributed by atoms with Gasteiger partial charge in [-0.15, -0.1) is 0 Å². The summed E-state index contributed by atoms with van der Waals surface area (Å²) in [7, 11) is 1.31. The van der Waals surface area contributed by atoms with E-state index in [0.29, 0.717) is 5.56 Å². The Bertz CT molecular complexity index is 344. The number of anilines is 1. The molecule has 4 nitrogen and oxygen atoms in total. The first-order chi connectivity index (χ1) is 7.08. The normalized spacial score (nSPS) is 10.5. The van der Waals surface area contributed by atoms with Crippen molar-refractivity contribution >= 4 is 5.69 Å². The minimum Gasteiger partial charge on any atom is -0.493 e. The van der Waals surface area contributed by atoms with E-state index in [1.807, 2.05) is 0 Å². The SMILES string of the molecule is COc1cc(N)c(CO)cc1OC(F)F. The van der Waals surface area contributed by atoms with E-state index in [1.165, 1.54) is 19.2 Å². The molecule has 0 aliphatic rings. The van der Waals surface area contributed by atoms with E-state index in [0.717, 1.165) is 0 Å². The highest BCUT2D eigenvalue weighted by Gasteiger charge is 2.13. The summed E-state index contributed by atoms with van der Waals surface area (Å²) in [5.41, 5.74) is 6.10. The summed E-state index contributed by atoms with van der Waals surface area (Å²) < 4.78 is 33.0. The molecule has 0 amide bonds. The lowest BCUT2D eigenvalue weighted by Crippen LogP contribution is -2.05. The second kappa shape index (κ2) is 4.79. The number of rotatable bonds is 4. The van der Waals surface area contributed by atoms with Crippen LogP contribution in [0.3, 0.4) is 0 Å². The molecule has 0 aromatic heterocycles. The molecule has 0 atom stereocenters. The van der Waals surface area contributed by atoms with E-state index in [9.17, 15) is 8.78 Å². The molecule has 0 saturated carbocycles. The molecule has 1 aromatic carbocycles. The molecule has 3 N–H and O–H groups in total. The van der Waals surface area contributed by atoms with Crippen LogP contribution in [0, 0.1) is 0 Å². The molecule has 0 radical (unpaired) electrons. The maximum absolute atomic E-state index is 12.0. The summed E-state index contributed by atoms with van der Waals surface area (Å²) in [6.45, 7) is -3.30. The third-order valence-corrected chi connectivity index (χ3v) is 1.81. The van der Waals surface area contributed by atoms with Gasteiger partial charge in [0.05, 0.1) is 13.7 Å². The maximum atomic E-state index is 12.0. The Kier molecular flexibility index (Phi) is 3.68. The summed E-state index contributed by atoms with van der Waals surface area (Å²) in [6, 6.07) is 2.55. The van der Waals surface area contributed by atoms with Crippen LogP contribution in [0.25, 0.3) is 0 Å². The first kappa shape index (κ1) is 11.5. The molecule has 0 heterocycles. The van der Waals surface area contributed by atoms with Crippen LogP contribution in [0.5, 0.6) is 11.5 Å². The number of nitrogen functional groups attached to an aromatic ring is 1. The smallest absolute Gasteiger partial charge is 0.387 e. The first-order valence-electron chi connectivity index (χ1n) is 4.10. The van der Waals surface area contributed by atoms with Gasteiger partial charge < -0.3 is 20.3 Å². The fourth-order valence-corrected chi connectivity index (χ4v) is 1.10. The molecule has 0 bridgehead atoms. The third kappa shape index (κ3) is 2.69.